The third-order valence-electron chi connectivity index (χ3n) is 2.49. The number of alkyl halides is 1. The Bertz CT molecular complexity index is 407. The van der Waals surface area contributed by atoms with Gasteiger partial charge in [-0.25, -0.2) is 0 Å². The van der Waals surface area contributed by atoms with Crippen LogP contribution in [0, 0.1) is 23.0 Å². The highest BCUT2D eigenvalue weighted by molar-refractivity contribution is 6.20. The topological polar surface area (TPSA) is 56.0 Å². The molecular formula is C12H17ClN2O2. The molecule has 1 aromatic heterocycles. The van der Waals surface area contributed by atoms with Gasteiger partial charge in [0.05, 0.1) is 4.92 Å². The molecule has 0 aliphatic carbocycles. The van der Waals surface area contributed by atoms with Gasteiger partial charge in [-0.15, -0.1) is 11.6 Å². The number of halogens is 1. The molecule has 0 saturated carbocycles. The molecule has 0 N–H and O–H groups in total. The molecule has 0 aromatic carbocycles. The molecule has 1 unspecified atom stereocenters. The van der Waals surface area contributed by atoms with Crippen molar-refractivity contribution in [3.05, 3.63) is 33.6 Å². The second-order valence-electron chi connectivity index (χ2n) is 4.65. The molecule has 0 aliphatic heterocycles. The summed E-state index contributed by atoms with van der Waals surface area (Å²) in [5.74, 6) is 0.539. The van der Waals surface area contributed by atoms with Crippen molar-refractivity contribution in [2.45, 2.75) is 39.0 Å². The largest absolute Gasteiger partial charge is 0.290 e. The van der Waals surface area contributed by atoms with Gasteiger partial charge in [-0.3, -0.25) is 15.1 Å². The molecule has 17 heavy (non-hydrogen) atoms. The van der Waals surface area contributed by atoms with Crippen molar-refractivity contribution in [2.75, 3.05) is 0 Å². The quantitative estimate of drug-likeness (QED) is 0.460. The van der Waals surface area contributed by atoms with Gasteiger partial charge < -0.3 is 0 Å². The van der Waals surface area contributed by atoms with Crippen LogP contribution in [0.4, 0.5) is 5.69 Å². The monoisotopic (exact) mass is 256 g/mol. The SMILES string of the molecule is Cc1cc(CC(Cl)CC(C)C)ncc1[N+](=O)[O-]. The number of aryl methyl sites for hydroxylation is 1. The maximum absolute atomic E-state index is 10.6. The van der Waals surface area contributed by atoms with Crippen molar-refractivity contribution < 1.29 is 4.92 Å². The number of aromatic nitrogens is 1. The Labute approximate surface area is 106 Å². The fourth-order valence-electron chi connectivity index (χ4n) is 1.73. The van der Waals surface area contributed by atoms with E-state index in [0.29, 0.717) is 17.9 Å². The van der Waals surface area contributed by atoms with Gasteiger partial charge in [0.2, 0.25) is 0 Å². The summed E-state index contributed by atoms with van der Waals surface area (Å²) in [5, 5.41) is 10.7. The highest BCUT2D eigenvalue weighted by Gasteiger charge is 2.14. The van der Waals surface area contributed by atoms with Crippen molar-refractivity contribution in [3.8, 4) is 0 Å². The van der Waals surface area contributed by atoms with E-state index in [1.54, 1.807) is 13.0 Å². The van der Waals surface area contributed by atoms with Crippen molar-refractivity contribution in [3.63, 3.8) is 0 Å². The molecule has 1 rings (SSSR count). The lowest BCUT2D eigenvalue weighted by atomic mass is 10.0. The second kappa shape index (κ2) is 5.96. The first-order valence-electron chi connectivity index (χ1n) is 5.64. The molecule has 1 aromatic rings. The number of rotatable bonds is 5. The van der Waals surface area contributed by atoms with E-state index in [2.05, 4.69) is 18.8 Å². The van der Waals surface area contributed by atoms with Crippen LogP contribution in [-0.2, 0) is 6.42 Å². The average Bonchev–Trinajstić information content (AvgIpc) is 2.15. The van der Waals surface area contributed by atoms with Gasteiger partial charge in [0.15, 0.2) is 0 Å². The van der Waals surface area contributed by atoms with Crippen LogP contribution in [0.1, 0.15) is 31.5 Å². The summed E-state index contributed by atoms with van der Waals surface area (Å²) in [7, 11) is 0. The zero-order valence-electron chi connectivity index (χ0n) is 10.3. The van der Waals surface area contributed by atoms with Gasteiger partial charge >= 0.3 is 0 Å². The van der Waals surface area contributed by atoms with Gasteiger partial charge in [-0.1, -0.05) is 13.8 Å². The average molecular weight is 257 g/mol. The third kappa shape index (κ3) is 4.30. The van der Waals surface area contributed by atoms with Gasteiger partial charge in [0.1, 0.15) is 6.20 Å². The molecule has 0 radical (unpaired) electrons. The molecule has 0 saturated heterocycles. The van der Waals surface area contributed by atoms with Crippen LogP contribution in [0.15, 0.2) is 12.3 Å². The Kier molecular flexibility index (Phi) is 4.87. The Hall–Kier alpha value is -1.16. The van der Waals surface area contributed by atoms with Crippen LogP contribution in [0.25, 0.3) is 0 Å². The van der Waals surface area contributed by atoms with Gasteiger partial charge in [0.25, 0.3) is 5.69 Å². The lowest BCUT2D eigenvalue weighted by Gasteiger charge is -2.11. The summed E-state index contributed by atoms with van der Waals surface area (Å²) in [6.07, 6.45) is 2.88. The minimum absolute atomic E-state index is 0.0309. The molecular weight excluding hydrogens is 240 g/mol. The van der Waals surface area contributed by atoms with E-state index in [1.807, 2.05) is 0 Å². The first-order chi connectivity index (χ1) is 7.90. The highest BCUT2D eigenvalue weighted by atomic mass is 35.5. The number of pyridine rings is 1. The normalized spacial score (nSPS) is 12.8. The first kappa shape index (κ1) is 13.9. The number of hydrogen-bond donors (Lipinski definition) is 0. The third-order valence-corrected chi connectivity index (χ3v) is 2.83. The smallest absolute Gasteiger partial charge is 0.258 e. The van der Waals surface area contributed by atoms with Crippen LogP contribution in [0.3, 0.4) is 0 Å². The molecule has 94 valence electrons. The van der Waals surface area contributed by atoms with Gasteiger partial charge in [0, 0.05) is 23.1 Å². The molecule has 0 amide bonds. The standard InChI is InChI=1S/C12H17ClN2O2/c1-8(2)4-10(13)6-11-5-9(3)12(7-14-11)15(16)17/h5,7-8,10H,4,6H2,1-3H3. The molecule has 0 bridgehead atoms. The van der Waals surface area contributed by atoms with Crippen molar-refractivity contribution >= 4 is 17.3 Å². The van der Waals surface area contributed by atoms with Crippen molar-refractivity contribution in [1.82, 2.24) is 4.98 Å². The van der Waals surface area contributed by atoms with Crippen LogP contribution in [0.2, 0.25) is 0 Å². The Morgan fingerprint density at radius 3 is 2.65 bits per heavy atom. The van der Waals surface area contributed by atoms with E-state index >= 15 is 0 Å². The molecule has 5 heteroatoms. The Morgan fingerprint density at radius 2 is 2.18 bits per heavy atom. The summed E-state index contributed by atoms with van der Waals surface area (Å²) >= 11 is 6.19. The molecule has 0 aliphatic rings. The van der Waals surface area contributed by atoms with Crippen LogP contribution in [0.5, 0.6) is 0 Å². The van der Waals surface area contributed by atoms with E-state index in [9.17, 15) is 10.1 Å². The van der Waals surface area contributed by atoms with Crippen LogP contribution in [-0.4, -0.2) is 15.3 Å². The highest BCUT2D eigenvalue weighted by Crippen LogP contribution is 2.20. The van der Waals surface area contributed by atoms with E-state index in [1.165, 1.54) is 6.20 Å². The minimum Gasteiger partial charge on any atom is -0.258 e. The zero-order valence-corrected chi connectivity index (χ0v) is 11.1. The van der Waals surface area contributed by atoms with Crippen molar-refractivity contribution in [1.29, 1.82) is 0 Å². The Balaban J connectivity index is 2.74. The summed E-state index contributed by atoms with van der Waals surface area (Å²) in [5.41, 5.74) is 1.51. The minimum atomic E-state index is -0.418. The van der Waals surface area contributed by atoms with Gasteiger partial charge in [-0.05, 0) is 25.3 Å². The van der Waals surface area contributed by atoms with E-state index in [0.717, 1.165) is 12.1 Å². The second-order valence-corrected chi connectivity index (χ2v) is 5.27. The van der Waals surface area contributed by atoms with Crippen molar-refractivity contribution in [2.24, 2.45) is 5.92 Å². The predicted molar refractivity (Wildman–Crippen MR) is 68.4 cm³/mol. The lowest BCUT2D eigenvalue weighted by Crippen LogP contribution is -2.09. The molecule has 0 spiro atoms. The fraction of sp³-hybridized carbons (Fsp3) is 0.583. The summed E-state index contributed by atoms with van der Waals surface area (Å²) in [6, 6.07) is 1.74. The maximum Gasteiger partial charge on any atom is 0.290 e. The van der Waals surface area contributed by atoms with Crippen LogP contribution < -0.4 is 0 Å². The van der Waals surface area contributed by atoms with Crippen LogP contribution >= 0.6 is 11.6 Å². The summed E-state index contributed by atoms with van der Waals surface area (Å²) in [6.45, 7) is 5.95. The Morgan fingerprint density at radius 1 is 1.53 bits per heavy atom. The summed E-state index contributed by atoms with van der Waals surface area (Å²) in [4.78, 5) is 14.3. The van der Waals surface area contributed by atoms with E-state index in [-0.39, 0.29) is 11.1 Å². The number of hydrogen-bond acceptors (Lipinski definition) is 3. The molecule has 4 nitrogen and oxygen atoms in total. The van der Waals surface area contributed by atoms with Gasteiger partial charge in [-0.2, -0.15) is 0 Å². The molecule has 1 atom stereocenters. The van der Waals surface area contributed by atoms with E-state index < -0.39 is 4.92 Å². The molecule has 0 fully saturated rings. The first-order valence-corrected chi connectivity index (χ1v) is 6.07. The predicted octanol–water partition coefficient (Wildman–Crippen LogP) is 3.49. The molecule has 1 heterocycles. The number of nitro groups is 1. The number of nitrogens with zero attached hydrogens (tertiary/aromatic N) is 2. The lowest BCUT2D eigenvalue weighted by molar-refractivity contribution is -0.385. The summed E-state index contributed by atoms with van der Waals surface area (Å²) < 4.78 is 0. The zero-order chi connectivity index (χ0) is 13.0. The maximum atomic E-state index is 10.6. The van der Waals surface area contributed by atoms with E-state index in [4.69, 9.17) is 11.6 Å². The fourth-order valence-corrected chi connectivity index (χ4v) is 2.25.